The standard InChI is InChI=1S/C20H43N.BrH/c1-6-11-15-19(10-5,16-12-7-2)20(21,17-13-8-3)18-14-9-4;/h6-18,21H2,1-5H3;1H. The van der Waals surface area contributed by atoms with E-state index in [1.165, 1.54) is 83.5 Å². The number of quaternary nitrogens is 1. The molecule has 2 heteroatoms. The van der Waals surface area contributed by atoms with Gasteiger partial charge in [0.1, 0.15) is 5.54 Å². The average Bonchev–Trinajstić information content (AvgIpc) is 2.51. The molecule has 0 aliphatic heterocycles. The van der Waals surface area contributed by atoms with Crippen molar-refractivity contribution in [1.29, 1.82) is 0 Å². The van der Waals surface area contributed by atoms with Crippen LogP contribution in [-0.2, 0) is 0 Å². The highest BCUT2D eigenvalue weighted by atomic mass is 79.9. The molecule has 0 amide bonds. The van der Waals surface area contributed by atoms with Crippen molar-refractivity contribution in [3.8, 4) is 0 Å². The van der Waals surface area contributed by atoms with Crippen molar-refractivity contribution in [2.24, 2.45) is 5.41 Å². The monoisotopic (exact) mass is 377 g/mol. The number of rotatable bonds is 14. The summed E-state index contributed by atoms with van der Waals surface area (Å²) in [7, 11) is 0. The van der Waals surface area contributed by atoms with Crippen LogP contribution in [0, 0.1) is 5.41 Å². The highest BCUT2D eigenvalue weighted by Gasteiger charge is 2.48. The summed E-state index contributed by atoms with van der Waals surface area (Å²) in [6, 6.07) is 0. The Balaban J connectivity index is 0. The molecule has 22 heavy (non-hydrogen) atoms. The zero-order chi connectivity index (χ0) is 16.2. The summed E-state index contributed by atoms with van der Waals surface area (Å²) in [5.74, 6) is 0. The maximum absolute atomic E-state index is 4.89. The minimum atomic E-state index is 0. The second-order valence-corrected chi connectivity index (χ2v) is 7.33. The first-order valence-corrected chi connectivity index (χ1v) is 9.91. The topological polar surface area (TPSA) is 27.6 Å². The molecule has 0 saturated heterocycles. The van der Waals surface area contributed by atoms with Gasteiger partial charge in [0.25, 0.3) is 0 Å². The molecule has 0 bridgehead atoms. The number of unbranched alkanes of at least 4 members (excludes halogenated alkanes) is 4. The van der Waals surface area contributed by atoms with Crippen molar-refractivity contribution in [3.05, 3.63) is 0 Å². The van der Waals surface area contributed by atoms with Crippen LogP contribution in [0.5, 0.6) is 0 Å². The summed E-state index contributed by atoms with van der Waals surface area (Å²) in [6.07, 6.45) is 17.5. The van der Waals surface area contributed by atoms with Crippen LogP contribution < -0.4 is 22.7 Å². The molecule has 0 spiro atoms. The van der Waals surface area contributed by atoms with Crippen LogP contribution in [-0.4, -0.2) is 5.54 Å². The molecule has 0 unspecified atom stereocenters. The van der Waals surface area contributed by atoms with Crippen LogP contribution in [0.1, 0.15) is 118 Å². The van der Waals surface area contributed by atoms with Gasteiger partial charge in [-0.15, -0.1) is 0 Å². The van der Waals surface area contributed by atoms with Gasteiger partial charge < -0.3 is 22.7 Å². The van der Waals surface area contributed by atoms with E-state index in [-0.39, 0.29) is 17.0 Å². The minimum absolute atomic E-state index is 0. The zero-order valence-corrected chi connectivity index (χ0v) is 17.9. The van der Waals surface area contributed by atoms with Crippen molar-refractivity contribution >= 4 is 0 Å². The Kier molecular flexibility index (Phi) is 15.5. The molecule has 136 valence electrons. The van der Waals surface area contributed by atoms with E-state index < -0.39 is 0 Å². The first-order chi connectivity index (χ1) is 10.1. The highest BCUT2D eigenvalue weighted by Crippen LogP contribution is 2.46. The molecule has 0 saturated carbocycles. The van der Waals surface area contributed by atoms with Crippen LogP contribution in [0.25, 0.3) is 0 Å². The van der Waals surface area contributed by atoms with Gasteiger partial charge in [-0.25, -0.2) is 0 Å². The smallest absolute Gasteiger partial charge is 0.100 e. The first kappa shape index (κ1) is 24.7. The molecule has 0 aromatic rings. The third kappa shape index (κ3) is 7.34. The number of halogens is 1. The second-order valence-electron chi connectivity index (χ2n) is 7.33. The molecule has 0 aliphatic rings. The molecule has 0 aromatic heterocycles. The van der Waals surface area contributed by atoms with Gasteiger partial charge in [0, 0.05) is 18.3 Å². The molecule has 0 aliphatic carbocycles. The summed E-state index contributed by atoms with van der Waals surface area (Å²) < 4.78 is 0. The van der Waals surface area contributed by atoms with Crippen LogP contribution in [0.2, 0.25) is 0 Å². The molecule has 0 aromatic carbocycles. The molecule has 0 heterocycles. The minimum Gasteiger partial charge on any atom is -1.00 e. The van der Waals surface area contributed by atoms with E-state index in [2.05, 4.69) is 34.6 Å². The van der Waals surface area contributed by atoms with E-state index >= 15 is 0 Å². The van der Waals surface area contributed by atoms with Gasteiger partial charge in [-0.1, -0.05) is 73.1 Å². The van der Waals surface area contributed by atoms with Crippen molar-refractivity contribution in [2.75, 3.05) is 0 Å². The van der Waals surface area contributed by atoms with Crippen LogP contribution in [0.4, 0.5) is 0 Å². The summed E-state index contributed by atoms with van der Waals surface area (Å²) in [6.45, 7) is 11.8. The molecule has 0 radical (unpaired) electrons. The van der Waals surface area contributed by atoms with Gasteiger partial charge in [0.15, 0.2) is 0 Å². The van der Waals surface area contributed by atoms with Crippen molar-refractivity contribution in [3.63, 3.8) is 0 Å². The fraction of sp³-hybridized carbons (Fsp3) is 1.00. The lowest BCUT2D eigenvalue weighted by Crippen LogP contribution is -3.00. The van der Waals surface area contributed by atoms with Gasteiger partial charge >= 0.3 is 0 Å². The molecular formula is C20H44BrN. The average molecular weight is 378 g/mol. The summed E-state index contributed by atoms with van der Waals surface area (Å²) >= 11 is 0. The van der Waals surface area contributed by atoms with E-state index in [4.69, 9.17) is 5.73 Å². The van der Waals surface area contributed by atoms with E-state index in [9.17, 15) is 0 Å². The second kappa shape index (κ2) is 13.8. The fourth-order valence-corrected chi connectivity index (χ4v) is 4.10. The quantitative estimate of drug-likeness (QED) is 0.481. The maximum Gasteiger partial charge on any atom is 0.100 e. The predicted molar refractivity (Wildman–Crippen MR) is 96.4 cm³/mol. The van der Waals surface area contributed by atoms with Gasteiger partial charge in [0.2, 0.25) is 0 Å². The highest BCUT2D eigenvalue weighted by molar-refractivity contribution is 4.96. The first-order valence-electron chi connectivity index (χ1n) is 9.91. The lowest BCUT2D eigenvalue weighted by Gasteiger charge is -2.46. The molecule has 1 nitrogen and oxygen atoms in total. The van der Waals surface area contributed by atoms with E-state index in [0.29, 0.717) is 11.0 Å². The summed E-state index contributed by atoms with van der Waals surface area (Å²) in [5.41, 5.74) is 5.70. The van der Waals surface area contributed by atoms with Gasteiger partial charge in [-0.2, -0.15) is 0 Å². The molecule has 0 atom stereocenters. The maximum atomic E-state index is 4.89. The van der Waals surface area contributed by atoms with E-state index in [1.807, 2.05) is 0 Å². The van der Waals surface area contributed by atoms with Crippen LogP contribution in [0.3, 0.4) is 0 Å². The normalized spacial score (nSPS) is 12.3. The Labute approximate surface area is 152 Å². The molecule has 0 fully saturated rings. The Bertz CT molecular complexity index is 224. The Morgan fingerprint density at radius 3 is 1.18 bits per heavy atom. The third-order valence-corrected chi connectivity index (χ3v) is 5.84. The SMILES string of the molecule is CCCCC([NH3+])(CCCC)C(CC)(CCCC)CCCC.[Br-]. The van der Waals surface area contributed by atoms with Crippen LogP contribution in [0.15, 0.2) is 0 Å². The molecule has 0 rings (SSSR count). The largest absolute Gasteiger partial charge is 1.00 e. The number of hydrogen-bond donors (Lipinski definition) is 1. The van der Waals surface area contributed by atoms with E-state index in [0.717, 1.165) is 0 Å². The molecular weight excluding hydrogens is 334 g/mol. The summed E-state index contributed by atoms with van der Waals surface area (Å²) in [5, 5.41) is 0. The Hall–Kier alpha value is 0.440. The van der Waals surface area contributed by atoms with E-state index in [1.54, 1.807) is 0 Å². The van der Waals surface area contributed by atoms with Crippen molar-refractivity contribution < 1.29 is 22.7 Å². The third-order valence-electron chi connectivity index (χ3n) is 5.84. The zero-order valence-electron chi connectivity index (χ0n) is 16.3. The molecule has 3 N–H and O–H groups in total. The summed E-state index contributed by atoms with van der Waals surface area (Å²) in [4.78, 5) is 0. The van der Waals surface area contributed by atoms with Gasteiger partial charge in [-0.3, -0.25) is 0 Å². The predicted octanol–water partition coefficient (Wildman–Crippen LogP) is 3.13. The lowest BCUT2D eigenvalue weighted by atomic mass is 9.59. The lowest BCUT2D eigenvalue weighted by molar-refractivity contribution is -0.515. The van der Waals surface area contributed by atoms with Crippen molar-refractivity contribution in [1.82, 2.24) is 0 Å². The number of hydrogen-bond acceptors (Lipinski definition) is 0. The Morgan fingerprint density at radius 2 is 0.909 bits per heavy atom. The van der Waals surface area contributed by atoms with Gasteiger partial charge in [-0.05, 0) is 32.1 Å². The van der Waals surface area contributed by atoms with Crippen LogP contribution >= 0.6 is 0 Å². The fourth-order valence-electron chi connectivity index (χ4n) is 4.10. The van der Waals surface area contributed by atoms with Gasteiger partial charge in [0.05, 0.1) is 0 Å². The van der Waals surface area contributed by atoms with Crippen molar-refractivity contribution in [2.45, 2.75) is 124 Å². The Morgan fingerprint density at radius 1 is 0.591 bits per heavy atom.